The molecule has 0 saturated heterocycles. The number of hydrogen-bond donors (Lipinski definition) is 2. The Morgan fingerprint density at radius 1 is 1.53 bits per heavy atom. The Morgan fingerprint density at radius 3 is 2.68 bits per heavy atom. The molecule has 0 aliphatic heterocycles. The average Bonchev–Trinajstić information content (AvgIpc) is 2.26. The third-order valence-corrected chi connectivity index (χ3v) is 2.80. The van der Waals surface area contributed by atoms with Gasteiger partial charge in [0.25, 0.3) is 11.6 Å². The number of hydrogen-bond acceptors (Lipinski definition) is 4. The molecule has 1 amide bonds. The van der Waals surface area contributed by atoms with Crippen LogP contribution in [0.2, 0.25) is 5.02 Å². The van der Waals surface area contributed by atoms with Crippen molar-refractivity contribution in [1.29, 1.82) is 0 Å². The fourth-order valence-electron chi connectivity index (χ4n) is 1.76. The standard InChI is InChI=1S/C12H15ClN2O4/c1-7(6-8(2)16)14-12(17)11-9(13)4-3-5-10(11)15(18)19/h3-5,7-8,16H,6H2,1-2H3,(H,14,17). The van der Waals surface area contributed by atoms with Gasteiger partial charge < -0.3 is 10.4 Å². The van der Waals surface area contributed by atoms with Gasteiger partial charge in [0.05, 0.1) is 16.0 Å². The molecule has 7 heteroatoms. The Balaban J connectivity index is 2.96. The largest absolute Gasteiger partial charge is 0.393 e. The van der Waals surface area contributed by atoms with Gasteiger partial charge in [-0.15, -0.1) is 0 Å². The van der Waals surface area contributed by atoms with Gasteiger partial charge in [0.15, 0.2) is 0 Å². The van der Waals surface area contributed by atoms with Gasteiger partial charge in [0, 0.05) is 12.1 Å². The van der Waals surface area contributed by atoms with E-state index in [1.54, 1.807) is 13.8 Å². The lowest BCUT2D eigenvalue weighted by molar-refractivity contribution is -0.385. The van der Waals surface area contributed by atoms with Crippen LogP contribution in [0.4, 0.5) is 5.69 Å². The van der Waals surface area contributed by atoms with Crippen molar-refractivity contribution in [3.63, 3.8) is 0 Å². The molecule has 0 spiro atoms. The predicted molar refractivity (Wildman–Crippen MR) is 71.3 cm³/mol. The van der Waals surface area contributed by atoms with Gasteiger partial charge in [-0.25, -0.2) is 0 Å². The van der Waals surface area contributed by atoms with Gasteiger partial charge in [-0.1, -0.05) is 17.7 Å². The zero-order chi connectivity index (χ0) is 14.6. The Morgan fingerprint density at radius 2 is 2.16 bits per heavy atom. The number of nitrogens with one attached hydrogen (secondary N) is 1. The van der Waals surface area contributed by atoms with E-state index in [0.717, 1.165) is 0 Å². The van der Waals surface area contributed by atoms with Gasteiger partial charge in [0.1, 0.15) is 5.56 Å². The predicted octanol–water partition coefficient (Wildman–Crippen LogP) is 2.14. The van der Waals surface area contributed by atoms with Gasteiger partial charge in [-0.2, -0.15) is 0 Å². The minimum absolute atomic E-state index is 0.0240. The van der Waals surface area contributed by atoms with Crippen molar-refractivity contribution < 1.29 is 14.8 Å². The molecule has 1 aromatic rings. The van der Waals surface area contributed by atoms with Crippen LogP contribution >= 0.6 is 11.6 Å². The van der Waals surface area contributed by atoms with Crippen LogP contribution in [0.15, 0.2) is 18.2 Å². The van der Waals surface area contributed by atoms with Crippen molar-refractivity contribution in [2.75, 3.05) is 0 Å². The van der Waals surface area contributed by atoms with Crippen molar-refractivity contribution in [3.05, 3.63) is 38.9 Å². The molecule has 0 saturated carbocycles. The SMILES string of the molecule is CC(O)CC(C)NC(=O)c1c(Cl)cccc1[N+](=O)[O-]. The van der Waals surface area contributed by atoms with E-state index < -0.39 is 16.9 Å². The van der Waals surface area contributed by atoms with E-state index in [0.29, 0.717) is 6.42 Å². The first-order valence-corrected chi connectivity index (χ1v) is 6.12. The highest BCUT2D eigenvalue weighted by Gasteiger charge is 2.24. The number of benzene rings is 1. The number of aliphatic hydroxyl groups excluding tert-OH is 1. The first-order chi connectivity index (χ1) is 8.82. The number of amides is 1. The number of carbonyl (C=O) groups is 1. The average molecular weight is 287 g/mol. The molecule has 6 nitrogen and oxygen atoms in total. The lowest BCUT2D eigenvalue weighted by Crippen LogP contribution is -2.35. The van der Waals surface area contributed by atoms with Crippen LogP contribution < -0.4 is 5.32 Å². The summed E-state index contributed by atoms with van der Waals surface area (Å²) in [4.78, 5) is 22.2. The molecule has 19 heavy (non-hydrogen) atoms. The van der Waals surface area contributed by atoms with E-state index in [4.69, 9.17) is 11.6 Å². The van der Waals surface area contributed by atoms with Crippen molar-refractivity contribution in [2.45, 2.75) is 32.4 Å². The lowest BCUT2D eigenvalue weighted by atomic mass is 10.1. The van der Waals surface area contributed by atoms with E-state index in [-0.39, 0.29) is 22.3 Å². The highest BCUT2D eigenvalue weighted by Crippen LogP contribution is 2.26. The number of nitro benzene ring substituents is 1. The summed E-state index contributed by atoms with van der Waals surface area (Å²) in [5, 5.41) is 22.7. The van der Waals surface area contributed by atoms with Gasteiger partial charge >= 0.3 is 0 Å². The first kappa shape index (κ1) is 15.4. The number of nitrogens with zero attached hydrogens (tertiary/aromatic N) is 1. The molecule has 0 heterocycles. The third kappa shape index (κ3) is 4.18. The lowest BCUT2D eigenvalue weighted by Gasteiger charge is -2.15. The summed E-state index contributed by atoms with van der Waals surface area (Å²) in [6, 6.07) is 3.74. The Bertz CT molecular complexity index is 491. The fraction of sp³-hybridized carbons (Fsp3) is 0.417. The summed E-state index contributed by atoms with van der Waals surface area (Å²) in [7, 11) is 0. The Kier molecular flexibility index (Phi) is 5.26. The molecule has 1 aromatic carbocycles. The van der Waals surface area contributed by atoms with Crippen LogP contribution in [0.1, 0.15) is 30.6 Å². The maximum atomic E-state index is 12.0. The topological polar surface area (TPSA) is 92.5 Å². The molecular formula is C12H15ClN2O4. The monoisotopic (exact) mass is 286 g/mol. The smallest absolute Gasteiger partial charge is 0.283 e. The highest BCUT2D eigenvalue weighted by atomic mass is 35.5. The zero-order valence-corrected chi connectivity index (χ0v) is 11.3. The Hall–Kier alpha value is -1.66. The normalized spacial score (nSPS) is 13.7. The quantitative estimate of drug-likeness (QED) is 0.640. The maximum absolute atomic E-state index is 12.0. The van der Waals surface area contributed by atoms with Crippen molar-refractivity contribution >= 4 is 23.2 Å². The van der Waals surface area contributed by atoms with Crippen molar-refractivity contribution in [1.82, 2.24) is 5.32 Å². The van der Waals surface area contributed by atoms with Crippen LogP contribution in [0.5, 0.6) is 0 Å². The molecule has 0 aliphatic rings. The highest BCUT2D eigenvalue weighted by molar-refractivity contribution is 6.34. The van der Waals surface area contributed by atoms with Crippen LogP contribution in [0.25, 0.3) is 0 Å². The molecule has 2 N–H and O–H groups in total. The van der Waals surface area contributed by atoms with Crippen molar-refractivity contribution in [3.8, 4) is 0 Å². The molecule has 0 aromatic heterocycles. The van der Waals surface area contributed by atoms with Gasteiger partial charge in [-0.3, -0.25) is 14.9 Å². The second kappa shape index (κ2) is 6.49. The fourth-order valence-corrected chi connectivity index (χ4v) is 2.01. The number of aliphatic hydroxyl groups is 1. The van der Waals surface area contributed by atoms with Gasteiger partial charge in [-0.05, 0) is 26.3 Å². The van der Waals surface area contributed by atoms with Crippen LogP contribution in [-0.4, -0.2) is 28.1 Å². The molecule has 0 radical (unpaired) electrons. The first-order valence-electron chi connectivity index (χ1n) is 5.74. The van der Waals surface area contributed by atoms with Crippen LogP contribution in [0.3, 0.4) is 0 Å². The van der Waals surface area contributed by atoms with Crippen LogP contribution in [-0.2, 0) is 0 Å². The second-order valence-corrected chi connectivity index (χ2v) is 4.76. The number of halogens is 1. The summed E-state index contributed by atoms with van der Waals surface area (Å²) in [6.07, 6.45) is -0.221. The molecule has 0 aliphatic carbocycles. The van der Waals surface area contributed by atoms with E-state index in [9.17, 15) is 20.0 Å². The molecule has 0 fully saturated rings. The third-order valence-electron chi connectivity index (χ3n) is 2.49. The number of carbonyl (C=O) groups excluding carboxylic acids is 1. The van der Waals surface area contributed by atoms with E-state index >= 15 is 0 Å². The molecule has 1 rings (SSSR count). The van der Waals surface area contributed by atoms with Gasteiger partial charge in [0.2, 0.25) is 0 Å². The Labute approximate surface area is 115 Å². The summed E-state index contributed by atoms with van der Waals surface area (Å²) in [5.74, 6) is -0.620. The summed E-state index contributed by atoms with van der Waals surface area (Å²) < 4.78 is 0. The second-order valence-electron chi connectivity index (χ2n) is 4.35. The number of nitro groups is 1. The van der Waals surface area contributed by atoms with Crippen LogP contribution in [0, 0.1) is 10.1 Å². The summed E-state index contributed by atoms with van der Waals surface area (Å²) >= 11 is 5.84. The molecule has 0 bridgehead atoms. The maximum Gasteiger partial charge on any atom is 0.283 e. The molecular weight excluding hydrogens is 272 g/mol. The van der Waals surface area contributed by atoms with Crippen molar-refractivity contribution in [2.24, 2.45) is 0 Å². The van der Waals surface area contributed by atoms with E-state index in [1.165, 1.54) is 18.2 Å². The molecule has 104 valence electrons. The molecule has 2 unspecified atom stereocenters. The summed E-state index contributed by atoms with van der Waals surface area (Å²) in [6.45, 7) is 3.30. The molecule has 2 atom stereocenters. The number of rotatable bonds is 5. The summed E-state index contributed by atoms with van der Waals surface area (Å²) in [5.41, 5.74) is -0.499. The van der Waals surface area contributed by atoms with E-state index in [1.807, 2.05) is 0 Å². The minimum atomic E-state index is -0.653. The van der Waals surface area contributed by atoms with E-state index in [2.05, 4.69) is 5.32 Å². The minimum Gasteiger partial charge on any atom is -0.393 e. The zero-order valence-electron chi connectivity index (χ0n) is 10.6.